The average molecular weight is 260 g/mol. The number of hydrogen-bond donors (Lipinski definition) is 0. The van der Waals surface area contributed by atoms with Gasteiger partial charge in [0.25, 0.3) is 0 Å². The largest absolute Gasteiger partial charge is 0.496 e. The molecule has 0 saturated carbocycles. The first kappa shape index (κ1) is 12.3. The van der Waals surface area contributed by atoms with Crippen LogP contribution < -0.4 is 4.74 Å². The van der Waals surface area contributed by atoms with Crippen LogP contribution in [-0.4, -0.2) is 17.1 Å². The van der Waals surface area contributed by atoms with E-state index in [4.69, 9.17) is 21.6 Å². The lowest BCUT2D eigenvalue weighted by atomic mass is 10.1. The van der Waals surface area contributed by atoms with Crippen molar-refractivity contribution in [1.82, 2.24) is 9.97 Å². The van der Waals surface area contributed by atoms with Crippen LogP contribution in [0.2, 0.25) is 5.02 Å². The first-order valence-corrected chi connectivity index (χ1v) is 5.61. The summed E-state index contributed by atoms with van der Waals surface area (Å²) in [6, 6.07) is 7.20. The Bertz CT molecular complexity index is 635. The van der Waals surface area contributed by atoms with E-state index in [9.17, 15) is 0 Å². The molecule has 0 saturated heterocycles. The molecule has 0 unspecified atom stereocenters. The Hall–Kier alpha value is -2.12. The fourth-order valence-electron chi connectivity index (χ4n) is 1.75. The van der Waals surface area contributed by atoms with Crippen molar-refractivity contribution in [3.05, 3.63) is 40.8 Å². The predicted octanol–water partition coefficient (Wildman–Crippen LogP) is 2.99. The fraction of sp³-hybridized carbons (Fsp3) is 0.154. The molecule has 0 bridgehead atoms. The summed E-state index contributed by atoms with van der Waals surface area (Å²) in [5.74, 6) is 0.814. The van der Waals surface area contributed by atoms with Gasteiger partial charge in [-0.1, -0.05) is 11.6 Å². The zero-order chi connectivity index (χ0) is 13.1. The van der Waals surface area contributed by atoms with E-state index in [0.29, 0.717) is 16.5 Å². The molecule has 0 amide bonds. The summed E-state index contributed by atoms with van der Waals surface area (Å²) < 4.78 is 5.36. The molecule has 4 nitrogen and oxygen atoms in total. The fourth-order valence-corrected chi connectivity index (χ4v) is 2.03. The highest BCUT2D eigenvalue weighted by molar-refractivity contribution is 6.31. The molecular weight excluding hydrogens is 250 g/mol. The van der Waals surface area contributed by atoms with Crippen molar-refractivity contribution in [1.29, 1.82) is 5.26 Å². The summed E-state index contributed by atoms with van der Waals surface area (Å²) in [5, 5.41) is 9.41. The number of nitrogens with zero attached hydrogens (tertiary/aromatic N) is 3. The number of benzene rings is 1. The maximum absolute atomic E-state index is 8.81. The second-order valence-electron chi connectivity index (χ2n) is 3.68. The van der Waals surface area contributed by atoms with E-state index in [-0.39, 0.29) is 5.82 Å². The van der Waals surface area contributed by atoms with Gasteiger partial charge in [-0.15, -0.1) is 0 Å². The molecule has 0 spiro atoms. The molecule has 0 atom stereocenters. The third-order valence-electron chi connectivity index (χ3n) is 2.48. The minimum atomic E-state index is 0.118. The molecule has 1 aromatic heterocycles. The quantitative estimate of drug-likeness (QED) is 0.832. The highest BCUT2D eigenvalue weighted by Crippen LogP contribution is 2.34. The second kappa shape index (κ2) is 5.03. The van der Waals surface area contributed by atoms with Gasteiger partial charge in [-0.2, -0.15) is 5.26 Å². The molecule has 1 heterocycles. The third kappa shape index (κ3) is 2.27. The molecule has 0 aliphatic carbocycles. The Balaban J connectivity index is 2.66. The first-order valence-electron chi connectivity index (χ1n) is 5.23. The summed E-state index contributed by atoms with van der Waals surface area (Å²) in [6.07, 6.45) is 1.54. The van der Waals surface area contributed by atoms with Crippen LogP contribution in [0.15, 0.2) is 24.4 Å². The van der Waals surface area contributed by atoms with Gasteiger partial charge in [-0.3, -0.25) is 0 Å². The van der Waals surface area contributed by atoms with E-state index in [1.807, 2.05) is 19.1 Å². The van der Waals surface area contributed by atoms with Crippen molar-refractivity contribution in [3.8, 4) is 23.1 Å². The topological polar surface area (TPSA) is 58.8 Å². The van der Waals surface area contributed by atoms with Crippen molar-refractivity contribution in [3.63, 3.8) is 0 Å². The van der Waals surface area contributed by atoms with E-state index >= 15 is 0 Å². The molecule has 0 radical (unpaired) electrons. The van der Waals surface area contributed by atoms with E-state index in [1.54, 1.807) is 19.2 Å². The third-order valence-corrected chi connectivity index (χ3v) is 2.69. The van der Waals surface area contributed by atoms with E-state index in [1.165, 1.54) is 6.20 Å². The van der Waals surface area contributed by atoms with Gasteiger partial charge >= 0.3 is 0 Å². The number of halogens is 1. The van der Waals surface area contributed by atoms with Crippen LogP contribution in [0.1, 0.15) is 11.4 Å². The molecule has 0 fully saturated rings. The number of hydrogen-bond acceptors (Lipinski definition) is 4. The number of methoxy groups -OCH3 is 1. The number of ether oxygens (including phenoxy) is 1. The summed E-state index contributed by atoms with van der Waals surface area (Å²) in [7, 11) is 1.59. The van der Waals surface area contributed by atoms with Gasteiger partial charge in [0.05, 0.1) is 12.8 Å². The van der Waals surface area contributed by atoms with Crippen LogP contribution in [-0.2, 0) is 0 Å². The minimum Gasteiger partial charge on any atom is -0.496 e. The summed E-state index contributed by atoms with van der Waals surface area (Å²) >= 11 is 6.04. The molecule has 2 rings (SSSR count). The van der Waals surface area contributed by atoms with Gasteiger partial charge in [-0.25, -0.2) is 9.97 Å². The monoisotopic (exact) mass is 259 g/mol. The van der Waals surface area contributed by atoms with Gasteiger partial charge in [0.2, 0.25) is 5.82 Å². The van der Waals surface area contributed by atoms with E-state index in [0.717, 1.165) is 11.1 Å². The van der Waals surface area contributed by atoms with Crippen LogP contribution in [0, 0.1) is 18.3 Å². The lowest BCUT2D eigenvalue weighted by Gasteiger charge is -2.11. The summed E-state index contributed by atoms with van der Waals surface area (Å²) in [5.41, 5.74) is 2.28. The van der Waals surface area contributed by atoms with Crippen molar-refractivity contribution in [2.45, 2.75) is 6.92 Å². The Morgan fingerprint density at radius 2 is 2.17 bits per heavy atom. The normalized spacial score (nSPS) is 9.89. The lowest BCUT2D eigenvalue weighted by Crippen LogP contribution is -1.96. The second-order valence-corrected chi connectivity index (χ2v) is 4.12. The molecule has 1 aromatic carbocycles. The maximum atomic E-state index is 8.81. The van der Waals surface area contributed by atoms with Crippen LogP contribution in [0.5, 0.6) is 5.75 Å². The Morgan fingerprint density at radius 3 is 2.83 bits per heavy atom. The van der Waals surface area contributed by atoms with Crippen molar-refractivity contribution in [2.24, 2.45) is 0 Å². The Labute approximate surface area is 110 Å². The van der Waals surface area contributed by atoms with Crippen molar-refractivity contribution >= 4 is 11.6 Å². The van der Waals surface area contributed by atoms with E-state index in [2.05, 4.69) is 9.97 Å². The van der Waals surface area contributed by atoms with Crippen LogP contribution in [0.25, 0.3) is 11.3 Å². The molecular formula is C13H10ClN3O. The smallest absolute Gasteiger partial charge is 0.232 e. The number of aryl methyl sites for hydroxylation is 1. The van der Waals surface area contributed by atoms with Gasteiger partial charge in [0, 0.05) is 16.8 Å². The number of rotatable bonds is 2. The molecule has 0 aliphatic rings. The van der Waals surface area contributed by atoms with Gasteiger partial charge in [0.15, 0.2) is 0 Å². The van der Waals surface area contributed by atoms with Crippen LogP contribution >= 0.6 is 11.6 Å². The molecule has 2 aromatic rings. The SMILES string of the molecule is COc1c(C)cc(Cl)cc1-c1ccnc(C#N)n1. The van der Waals surface area contributed by atoms with E-state index < -0.39 is 0 Å². The molecule has 90 valence electrons. The number of nitriles is 1. The molecule has 5 heteroatoms. The minimum absolute atomic E-state index is 0.118. The highest BCUT2D eigenvalue weighted by atomic mass is 35.5. The Kier molecular flexibility index (Phi) is 3.45. The van der Waals surface area contributed by atoms with Crippen molar-refractivity contribution < 1.29 is 4.74 Å². The number of aromatic nitrogens is 2. The average Bonchev–Trinajstić information content (AvgIpc) is 2.38. The lowest BCUT2D eigenvalue weighted by molar-refractivity contribution is 0.413. The van der Waals surface area contributed by atoms with Gasteiger partial charge in [-0.05, 0) is 30.7 Å². The molecule has 0 N–H and O–H groups in total. The summed E-state index contributed by atoms with van der Waals surface area (Å²) in [6.45, 7) is 1.90. The van der Waals surface area contributed by atoms with Gasteiger partial charge < -0.3 is 4.74 Å². The standard InChI is InChI=1S/C13H10ClN3O/c1-8-5-9(14)6-10(13(8)18-2)11-3-4-16-12(7-15)17-11/h3-6H,1-2H3. The predicted molar refractivity (Wildman–Crippen MR) is 68.5 cm³/mol. The molecule has 18 heavy (non-hydrogen) atoms. The zero-order valence-electron chi connectivity index (χ0n) is 9.94. The zero-order valence-corrected chi connectivity index (χ0v) is 10.7. The highest BCUT2D eigenvalue weighted by Gasteiger charge is 2.12. The van der Waals surface area contributed by atoms with Crippen LogP contribution in [0.3, 0.4) is 0 Å². The maximum Gasteiger partial charge on any atom is 0.232 e. The van der Waals surface area contributed by atoms with Crippen molar-refractivity contribution in [2.75, 3.05) is 7.11 Å². The Morgan fingerprint density at radius 1 is 1.39 bits per heavy atom. The summed E-state index contributed by atoms with van der Waals surface area (Å²) in [4.78, 5) is 7.98. The first-order chi connectivity index (χ1) is 8.65. The van der Waals surface area contributed by atoms with Gasteiger partial charge in [0.1, 0.15) is 11.8 Å². The molecule has 0 aliphatic heterocycles. The van der Waals surface area contributed by atoms with Crippen LogP contribution in [0.4, 0.5) is 0 Å².